The van der Waals surface area contributed by atoms with E-state index in [-0.39, 0.29) is 11.8 Å². The van der Waals surface area contributed by atoms with Gasteiger partial charge in [0, 0.05) is 13.1 Å². The van der Waals surface area contributed by atoms with Crippen molar-refractivity contribution in [2.45, 2.75) is 46.0 Å². The van der Waals surface area contributed by atoms with Gasteiger partial charge in [0.1, 0.15) is 0 Å². The van der Waals surface area contributed by atoms with E-state index in [1.165, 1.54) is 0 Å². The van der Waals surface area contributed by atoms with Crippen molar-refractivity contribution < 1.29 is 14.7 Å². The second kappa shape index (κ2) is 5.93. The quantitative estimate of drug-likeness (QED) is 0.835. The van der Waals surface area contributed by atoms with E-state index in [1.807, 2.05) is 4.90 Å². The van der Waals surface area contributed by atoms with Crippen molar-refractivity contribution in [3.63, 3.8) is 0 Å². The molecule has 1 N–H and O–H groups in total. The molecular weight excluding hydrogens is 242 g/mol. The maximum absolute atomic E-state index is 12.6. The van der Waals surface area contributed by atoms with E-state index >= 15 is 0 Å². The lowest BCUT2D eigenvalue weighted by Gasteiger charge is -2.39. The van der Waals surface area contributed by atoms with Gasteiger partial charge >= 0.3 is 5.97 Å². The van der Waals surface area contributed by atoms with Crippen LogP contribution in [0, 0.1) is 23.7 Å². The second-order valence-electron chi connectivity index (χ2n) is 6.52. The van der Waals surface area contributed by atoms with E-state index in [1.54, 1.807) is 0 Å². The Morgan fingerprint density at radius 2 is 1.53 bits per heavy atom. The lowest BCUT2D eigenvalue weighted by atomic mass is 9.78. The third-order valence-electron chi connectivity index (χ3n) is 4.58. The molecule has 0 aromatic rings. The smallest absolute Gasteiger partial charge is 0.307 e. The largest absolute Gasteiger partial charge is 0.481 e. The topological polar surface area (TPSA) is 57.6 Å². The van der Waals surface area contributed by atoms with Gasteiger partial charge in [-0.3, -0.25) is 9.59 Å². The van der Waals surface area contributed by atoms with E-state index in [9.17, 15) is 14.7 Å². The molecule has 108 valence electrons. The molecular formula is C15H25NO3. The SMILES string of the molecule is C[C@@H]1C[C@H](C)CN(C(=O)[C@@H]2CCCC[C@@H]2C(=O)O)C1. The van der Waals surface area contributed by atoms with Gasteiger partial charge in [-0.1, -0.05) is 26.7 Å². The van der Waals surface area contributed by atoms with Crippen LogP contribution in [-0.4, -0.2) is 35.0 Å². The van der Waals surface area contributed by atoms with Gasteiger partial charge in [0.05, 0.1) is 11.8 Å². The standard InChI is InChI=1S/C15H25NO3/c1-10-7-11(2)9-16(8-10)14(17)12-5-3-4-6-13(12)15(18)19/h10-13H,3-9H2,1-2H3,(H,18,19)/t10-,11+,12-,13+/m1/s1. The van der Waals surface area contributed by atoms with Crippen LogP contribution < -0.4 is 0 Å². The number of nitrogens with zero attached hydrogens (tertiary/aromatic N) is 1. The zero-order chi connectivity index (χ0) is 14.0. The Morgan fingerprint density at radius 3 is 2.05 bits per heavy atom. The molecule has 1 saturated heterocycles. The van der Waals surface area contributed by atoms with Crippen LogP contribution in [0.25, 0.3) is 0 Å². The van der Waals surface area contributed by atoms with Crippen LogP contribution >= 0.6 is 0 Å². The highest BCUT2D eigenvalue weighted by Gasteiger charge is 2.39. The molecule has 0 spiro atoms. The average molecular weight is 267 g/mol. The van der Waals surface area contributed by atoms with E-state index < -0.39 is 11.9 Å². The highest BCUT2D eigenvalue weighted by Crippen LogP contribution is 2.33. The zero-order valence-electron chi connectivity index (χ0n) is 12.0. The Morgan fingerprint density at radius 1 is 1.00 bits per heavy atom. The predicted molar refractivity (Wildman–Crippen MR) is 72.6 cm³/mol. The summed E-state index contributed by atoms with van der Waals surface area (Å²) in [6.45, 7) is 5.94. The number of rotatable bonds is 2. The summed E-state index contributed by atoms with van der Waals surface area (Å²) in [5.41, 5.74) is 0. The molecule has 1 aliphatic heterocycles. The number of hydrogen-bond acceptors (Lipinski definition) is 2. The number of carbonyl (C=O) groups is 2. The van der Waals surface area contributed by atoms with Crippen LogP contribution in [0.3, 0.4) is 0 Å². The van der Waals surface area contributed by atoms with Gasteiger partial charge in [-0.15, -0.1) is 0 Å². The molecule has 19 heavy (non-hydrogen) atoms. The Labute approximate surface area is 115 Å². The molecule has 0 aromatic heterocycles. The molecule has 0 radical (unpaired) electrons. The summed E-state index contributed by atoms with van der Waals surface area (Å²) in [7, 11) is 0. The first-order valence-corrected chi connectivity index (χ1v) is 7.50. The average Bonchev–Trinajstić information content (AvgIpc) is 2.36. The fourth-order valence-corrected chi connectivity index (χ4v) is 3.80. The van der Waals surface area contributed by atoms with Gasteiger partial charge in [-0.2, -0.15) is 0 Å². The molecule has 4 atom stereocenters. The van der Waals surface area contributed by atoms with Crippen LogP contribution in [0.4, 0.5) is 0 Å². The summed E-state index contributed by atoms with van der Waals surface area (Å²) >= 11 is 0. The molecule has 2 rings (SSSR count). The van der Waals surface area contributed by atoms with Gasteiger partial charge in [-0.25, -0.2) is 0 Å². The fraction of sp³-hybridized carbons (Fsp3) is 0.867. The predicted octanol–water partition coefficient (Wildman–Crippen LogP) is 2.38. The number of likely N-dealkylation sites (tertiary alicyclic amines) is 1. The summed E-state index contributed by atoms with van der Waals surface area (Å²) in [4.78, 5) is 25.9. The molecule has 0 unspecified atom stereocenters. The highest BCUT2D eigenvalue weighted by molar-refractivity contribution is 5.85. The lowest BCUT2D eigenvalue weighted by Crippen LogP contribution is -2.48. The normalized spacial score (nSPS) is 36.0. The van der Waals surface area contributed by atoms with Crippen molar-refractivity contribution >= 4 is 11.9 Å². The number of piperidine rings is 1. The summed E-state index contributed by atoms with van der Waals surface area (Å²) in [6, 6.07) is 0. The molecule has 4 nitrogen and oxygen atoms in total. The minimum absolute atomic E-state index is 0.0884. The summed E-state index contributed by atoms with van der Waals surface area (Å²) < 4.78 is 0. The first-order chi connectivity index (χ1) is 8.99. The highest BCUT2D eigenvalue weighted by atomic mass is 16.4. The van der Waals surface area contributed by atoms with Crippen molar-refractivity contribution in [2.75, 3.05) is 13.1 Å². The van der Waals surface area contributed by atoms with Gasteiger partial charge in [0.15, 0.2) is 0 Å². The Kier molecular flexibility index (Phi) is 4.48. The third-order valence-corrected chi connectivity index (χ3v) is 4.58. The van der Waals surface area contributed by atoms with Crippen molar-refractivity contribution in [1.29, 1.82) is 0 Å². The number of carboxylic acid groups (broad SMARTS) is 1. The summed E-state index contributed by atoms with van der Waals surface area (Å²) in [5, 5.41) is 9.29. The number of hydrogen-bond donors (Lipinski definition) is 1. The molecule has 1 saturated carbocycles. The Balaban J connectivity index is 2.06. The monoisotopic (exact) mass is 267 g/mol. The van der Waals surface area contributed by atoms with Crippen molar-refractivity contribution in [1.82, 2.24) is 4.90 Å². The van der Waals surface area contributed by atoms with Crippen LogP contribution in [0.1, 0.15) is 46.0 Å². The van der Waals surface area contributed by atoms with E-state index in [2.05, 4.69) is 13.8 Å². The minimum atomic E-state index is -0.795. The van der Waals surface area contributed by atoms with E-state index in [4.69, 9.17) is 0 Å². The number of amides is 1. The van der Waals surface area contributed by atoms with E-state index in [0.717, 1.165) is 38.8 Å². The summed E-state index contributed by atoms with van der Waals surface area (Å²) in [6.07, 6.45) is 4.49. The fourth-order valence-electron chi connectivity index (χ4n) is 3.80. The van der Waals surface area contributed by atoms with Gasteiger partial charge in [0.25, 0.3) is 0 Å². The van der Waals surface area contributed by atoms with Crippen LogP contribution in [0.5, 0.6) is 0 Å². The lowest BCUT2D eigenvalue weighted by molar-refractivity contribution is -0.153. The van der Waals surface area contributed by atoms with Crippen molar-refractivity contribution in [3.8, 4) is 0 Å². The molecule has 0 bridgehead atoms. The molecule has 1 aliphatic carbocycles. The van der Waals surface area contributed by atoms with Crippen LogP contribution in [0.15, 0.2) is 0 Å². The third kappa shape index (κ3) is 3.28. The molecule has 2 aliphatic rings. The molecule has 0 aromatic carbocycles. The summed E-state index contributed by atoms with van der Waals surface area (Å²) in [5.74, 6) is -0.404. The first-order valence-electron chi connectivity index (χ1n) is 7.50. The Bertz CT molecular complexity index is 345. The Hall–Kier alpha value is -1.06. The number of carboxylic acids is 1. The van der Waals surface area contributed by atoms with Crippen molar-refractivity contribution in [3.05, 3.63) is 0 Å². The number of aliphatic carboxylic acids is 1. The van der Waals surface area contributed by atoms with Crippen LogP contribution in [-0.2, 0) is 9.59 Å². The van der Waals surface area contributed by atoms with Crippen molar-refractivity contribution in [2.24, 2.45) is 23.7 Å². The maximum atomic E-state index is 12.6. The van der Waals surface area contributed by atoms with E-state index in [0.29, 0.717) is 18.3 Å². The first kappa shape index (κ1) is 14.4. The van der Waals surface area contributed by atoms with Gasteiger partial charge in [0.2, 0.25) is 5.91 Å². The molecule has 2 fully saturated rings. The minimum Gasteiger partial charge on any atom is -0.481 e. The molecule has 1 amide bonds. The second-order valence-corrected chi connectivity index (χ2v) is 6.52. The van der Waals surface area contributed by atoms with Gasteiger partial charge in [-0.05, 0) is 31.1 Å². The van der Waals surface area contributed by atoms with Gasteiger partial charge < -0.3 is 10.0 Å². The van der Waals surface area contributed by atoms with Crippen LogP contribution in [0.2, 0.25) is 0 Å². The molecule has 1 heterocycles. The molecule has 4 heteroatoms. The zero-order valence-corrected chi connectivity index (χ0v) is 12.0. The maximum Gasteiger partial charge on any atom is 0.307 e. The number of carbonyl (C=O) groups excluding carboxylic acids is 1.